The van der Waals surface area contributed by atoms with Gasteiger partial charge in [0.15, 0.2) is 6.10 Å². The summed E-state index contributed by atoms with van der Waals surface area (Å²) in [7, 11) is 1.43. The highest BCUT2D eigenvalue weighted by Crippen LogP contribution is 2.15. The van der Waals surface area contributed by atoms with Crippen molar-refractivity contribution in [3.05, 3.63) is 29.6 Å². The Bertz CT molecular complexity index is 654. The molecule has 0 saturated heterocycles. The second-order valence-electron chi connectivity index (χ2n) is 4.67. The number of aromatic nitrogens is 1. The minimum Gasteiger partial charge on any atom is -0.495 e. The molecule has 0 fully saturated rings. The van der Waals surface area contributed by atoms with E-state index >= 15 is 0 Å². The highest BCUT2D eigenvalue weighted by Gasteiger charge is 2.26. The van der Waals surface area contributed by atoms with Crippen LogP contribution in [0.15, 0.2) is 18.3 Å². The number of ketones is 1. The Kier molecular flexibility index (Phi) is 7.21. The Balaban J connectivity index is 2.70. The normalized spacial score (nSPS) is 12.4. The molecule has 128 valence electrons. The zero-order chi connectivity index (χ0) is 18.1. The third-order valence-electron chi connectivity index (χ3n) is 3.02. The fraction of sp³-hybridized carbons (Fsp3) is 0.357. The van der Waals surface area contributed by atoms with Gasteiger partial charge in [0.05, 0.1) is 19.0 Å². The number of nitrogens with one attached hydrogen (secondary N) is 1. The molecule has 0 saturated carbocycles. The molecule has 1 aromatic heterocycles. The number of pyridine rings is 1. The van der Waals surface area contributed by atoms with Crippen molar-refractivity contribution >= 4 is 23.9 Å². The van der Waals surface area contributed by atoms with Crippen LogP contribution in [0.1, 0.15) is 24.6 Å². The number of Topliss-reactive ketones (excluding diaryl/α,β-unsaturated/α-hetero) is 1. The van der Waals surface area contributed by atoms with Crippen molar-refractivity contribution in [2.24, 2.45) is 0 Å². The van der Waals surface area contributed by atoms with E-state index in [2.05, 4.69) is 15.1 Å². The molecule has 0 aliphatic rings. The molecule has 1 rings (SSSR count). The number of amides is 1. The Morgan fingerprint density at radius 1 is 1.46 bits per heavy atom. The van der Waals surface area contributed by atoms with Gasteiger partial charge in [-0.2, -0.15) is 4.79 Å². The van der Waals surface area contributed by atoms with Crippen molar-refractivity contribution in [2.45, 2.75) is 25.0 Å². The van der Waals surface area contributed by atoms with E-state index < -0.39 is 29.8 Å². The molecule has 0 unspecified atom stereocenters. The number of rotatable bonds is 9. The zero-order valence-corrected chi connectivity index (χ0v) is 12.7. The predicted octanol–water partition coefficient (Wildman–Crippen LogP) is -0.657. The molecule has 1 amide bonds. The quantitative estimate of drug-likeness (QED) is 0.306. The summed E-state index contributed by atoms with van der Waals surface area (Å²) < 4.78 is 4.90. The van der Waals surface area contributed by atoms with Gasteiger partial charge in [-0.05, 0) is 18.6 Å². The molecule has 0 bridgehead atoms. The van der Waals surface area contributed by atoms with Crippen molar-refractivity contribution in [3.63, 3.8) is 0 Å². The number of carbonyl (C=O) groups excluding carboxylic acids is 2. The van der Waals surface area contributed by atoms with E-state index in [-0.39, 0.29) is 18.5 Å². The maximum Gasteiger partial charge on any atom is 0.326 e. The number of carboxylic acid groups (broad SMARTS) is 1. The lowest BCUT2D eigenvalue weighted by Gasteiger charge is -2.16. The summed E-state index contributed by atoms with van der Waals surface area (Å²) >= 11 is 0. The van der Waals surface area contributed by atoms with Crippen LogP contribution in [0.5, 0.6) is 5.75 Å². The molecular weight excluding hydrogens is 320 g/mol. The van der Waals surface area contributed by atoms with E-state index in [0.29, 0.717) is 12.0 Å². The van der Waals surface area contributed by atoms with Crippen LogP contribution in [0.4, 0.5) is 0 Å². The summed E-state index contributed by atoms with van der Waals surface area (Å²) in [4.78, 5) is 40.6. The van der Waals surface area contributed by atoms with Crippen LogP contribution in [0.3, 0.4) is 0 Å². The van der Waals surface area contributed by atoms with Crippen LogP contribution in [-0.2, 0) is 14.4 Å². The number of nitrogens with zero attached hydrogens (tertiary/aromatic N) is 3. The molecule has 10 heteroatoms. The number of hydrogen-bond donors (Lipinski definition) is 3. The number of aliphatic hydroxyl groups is 1. The van der Waals surface area contributed by atoms with Crippen molar-refractivity contribution < 1.29 is 34.1 Å². The number of aliphatic hydroxyl groups excluding tert-OH is 1. The highest BCUT2D eigenvalue weighted by atomic mass is 16.5. The van der Waals surface area contributed by atoms with Crippen molar-refractivity contribution in [3.8, 4) is 5.75 Å². The van der Waals surface area contributed by atoms with Gasteiger partial charge in [-0.15, -0.1) is 0 Å². The Labute approximate surface area is 136 Å². The van der Waals surface area contributed by atoms with Crippen LogP contribution in [-0.4, -0.2) is 57.0 Å². The molecule has 0 spiro atoms. The number of carboxylic acids is 1. The second-order valence-corrected chi connectivity index (χ2v) is 4.67. The monoisotopic (exact) mass is 336 g/mol. The van der Waals surface area contributed by atoms with E-state index in [9.17, 15) is 19.5 Å². The van der Waals surface area contributed by atoms with Gasteiger partial charge in [0.1, 0.15) is 11.8 Å². The van der Waals surface area contributed by atoms with Crippen molar-refractivity contribution in [1.29, 1.82) is 0 Å². The molecule has 0 radical (unpaired) electrons. The smallest absolute Gasteiger partial charge is 0.326 e. The van der Waals surface area contributed by atoms with Gasteiger partial charge >= 0.3 is 12.2 Å². The van der Waals surface area contributed by atoms with E-state index in [1.807, 2.05) is 0 Å². The van der Waals surface area contributed by atoms with Crippen LogP contribution in [0.25, 0.3) is 5.53 Å². The van der Waals surface area contributed by atoms with Crippen LogP contribution in [0.2, 0.25) is 0 Å². The topological polar surface area (TPSA) is 162 Å². The summed E-state index contributed by atoms with van der Waals surface area (Å²) in [6, 6.07) is 1.46. The minimum atomic E-state index is -1.67. The van der Waals surface area contributed by atoms with Gasteiger partial charge < -0.3 is 25.8 Å². The third kappa shape index (κ3) is 5.59. The summed E-state index contributed by atoms with van der Waals surface area (Å²) in [5.74, 6) is -2.51. The van der Waals surface area contributed by atoms with Crippen molar-refractivity contribution in [1.82, 2.24) is 10.3 Å². The number of hydrogen-bond acceptors (Lipinski definition) is 6. The van der Waals surface area contributed by atoms with E-state index in [1.165, 1.54) is 25.4 Å². The van der Waals surface area contributed by atoms with Gasteiger partial charge in [0, 0.05) is 6.42 Å². The molecule has 0 aliphatic heterocycles. The molecule has 1 heterocycles. The first-order valence-corrected chi connectivity index (χ1v) is 6.80. The number of methoxy groups -OCH3 is 1. The Morgan fingerprint density at radius 3 is 2.67 bits per heavy atom. The van der Waals surface area contributed by atoms with E-state index in [4.69, 9.17) is 15.4 Å². The number of carbonyl (C=O) groups is 3. The summed E-state index contributed by atoms with van der Waals surface area (Å²) in [6.07, 6.45) is -0.218. The maximum atomic E-state index is 11.9. The predicted molar refractivity (Wildman–Crippen MR) is 79.2 cm³/mol. The largest absolute Gasteiger partial charge is 0.495 e. The molecule has 0 aromatic carbocycles. The fourth-order valence-corrected chi connectivity index (χ4v) is 1.73. The van der Waals surface area contributed by atoms with Crippen LogP contribution in [0, 0.1) is 0 Å². The minimum absolute atomic E-state index is 0.0147. The van der Waals surface area contributed by atoms with E-state index in [0.717, 1.165) is 0 Å². The average Bonchev–Trinajstić information content (AvgIpc) is 2.57. The SMILES string of the molecule is COc1ccc([C@@H](O)C(=O)N[C@@H](CCC(=O)C=[N+]=[N-])C(=O)O)nc1. The summed E-state index contributed by atoms with van der Waals surface area (Å²) in [6.45, 7) is 0. The molecular formula is C14H16N4O6. The first-order valence-electron chi connectivity index (χ1n) is 6.80. The molecule has 1 aromatic rings. The van der Waals surface area contributed by atoms with Gasteiger partial charge in [-0.3, -0.25) is 14.6 Å². The highest BCUT2D eigenvalue weighted by molar-refractivity contribution is 6.25. The third-order valence-corrected chi connectivity index (χ3v) is 3.02. The Hall–Kier alpha value is -3.10. The molecule has 0 aliphatic carbocycles. The second kappa shape index (κ2) is 9.13. The lowest BCUT2D eigenvalue weighted by Crippen LogP contribution is -2.43. The van der Waals surface area contributed by atoms with Gasteiger partial charge in [0.25, 0.3) is 5.91 Å². The van der Waals surface area contributed by atoms with Gasteiger partial charge in [0.2, 0.25) is 5.78 Å². The molecule has 2 atom stereocenters. The van der Waals surface area contributed by atoms with Gasteiger partial charge in [-0.1, -0.05) is 0 Å². The fourth-order valence-electron chi connectivity index (χ4n) is 1.73. The maximum absolute atomic E-state index is 11.9. The first kappa shape index (κ1) is 18.9. The lowest BCUT2D eigenvalue weighted by atomic mass is 10.1. The Morgan fingerprint density at radius 2 is 2.17 bits per heavy atom. The first-order chi connectivity index (χ1) is 11.4. The van der Waals surface area contributed by atoms with Crippen LogP contribution < -0.4 is 10.1 Å². The number of aliphatic carboxylic acids is 1. The lowest BCUT2D eigenvalue weighted by molar-refractivity contribution is -0.143. The molecule has 3 N–H and O–H groups in total. The van der Waals surface area contributed by atoms with E-state index in [1.54, 1.807) is 0 Å². The standard InChI is InChI=1S/C14H16N4O6/c1-24-9-3-5-10(16-7-9)12(20)13(21)18-11(14(22)23)4-2-8(19)6-17-15/h3,5-7,11-12,20H,2,4H2,1H3,(H,18,21)(H,22,23)/t11-,12+/m0/s1. The molecule has 10 nitrogen and oxygen atoms in total. The summed E-state index contributed by atoms with van der Waals surface area (Å²) in [5.41, 5.74) is 8.22. The van der Waals surface area contributed by atoms with Gasteiger partial charge in [-0.25, -0.2) is 4.79 Å². The average molecular weight is 336 g/mol. The van der Waals surface area contributed by atoms with Crippen LogP contribution >= 0.6 is 0 Å². The van der Waals surface area contributed by atoms with Crippen molar-refractivity contribution in [2.75, 3.05) is 7.11 Å². The number of ether oxygens (including phenoxy) is 1. The zero-order valence-electron chi connectivity index (χ0n) is 12.7. The summed E-state index contributed by atoms with van der Waals surface area (Å²) in [5, 5.41) is 21.1. The molecule has 24 heavy (non-hydrogen) atoms.